The fourth-order valence-corrected chi connectivity index (χ4v) is 3.05. The van der Waals surface area contributed by atoms with Crippen LogP contribution in [0, 0.1) is 0 Å². The molecule has 0 unspecified atom stereocenters. The Labute approximate surface area is 132 Å². The Balaban J connectivity index is 2.31. The van der Waals surface area contributed by atoms with E-state index in [1.54, 1.807) is 19.3 Å². The van der Waals surface area contributed by atoms with Crippen LogP contribution < -0.4 is 10.4 Å². The topological polar surface area (TPSA) is 39.4 Å². The van der Waals surface area contributed by atoms with Crippen molar-refractivity contribution in [1.29, 1.82) is 0 Å². The molecule has 112 valence electrons. The Morgan fingerprint density at radius 2 is 1.87 bits per heavy atom. The number of methoxy groups -OCH3 is 1. The molecule has 23 heavy (non-hydrogen) atoms. The number of benzene rings is 3. The second kappa shape index (κ2) is 4.99. The summed E-state index contributed by atoms with van der Waals surface area (Å²) in [6, 6.07) is 15.5. The molecule has 1 heterocycles. The van der Waals surface area contributed by atoms with Crippen molar-refractivity contribution in [3.05, 3.63) is 71.1 Å². The van der Waals surface area contributed by atoms with E-state index in [1.807, 2.05) is 42.5 Å². The van der Waals surface area contributed by atoms with Crippen molar-refractivity contribution >= 4 is 38.6 Å². The molecule has 0 spiro atoms. The molecule has 1 aromatic heterocycles. The highest BCUT2D eigenvalue weighted by molar-refractivity contribution is 6.15. The van der Waals surface area contributed by atoms with Crippen molar-refractivity contribution in [1.82, 2.24) is 0 Å². The van der Waals surface area contributed by atoms with Crippen molar-refractivity contribution in [3.8, 4) is 5.75 Å². The van der Waals surface area contributed by atoms with E-state index >= 15 is 0 Å². The lowest BCUT2D eigenvalue weighted by Crippen LogP contribution is -2.02. The first-order chi connectivity index (χ1) is 11.2. The summed E-state index contributed by atoms with van der Waals surface area (Å²) in [5.74, 6) is 0.644. The Kier molecular flexibility index (Phi) is 2.95. The van der Waals surface area contributed by atoms with E-state index in [-0.39, 0.29) is 5.63 Å². The summed E-state index contributed by atoms with van der Waals surface area (Å²) >= 11 is 0. The van der Waals surface area contributed by atoms with Gasteiger partial charge in [0.1, 0.15) is 11.3 Å². The third-order valence-corrected chi connectivity index (χ3v) is 4.14. The van der Waals surface area contributed by atoms with Crippen molar-refractivity contribution < 1.29 is 9.15 Å². The normalized spacial score (nSPS) is 11.2. The molecule has 0 bridgehead atoms. The molecular formula is C20H14O3. The van der Waals surface area contributed by atoms with Gasteiger partial charge in [0.25, 0.3) is 0 Å². The number of hydrogen-bond acceptors (Lipinski definition) is 3. The largest absolute Gasteiger partial charge is 0.496 e. The van der Waals surface area contributed by atoms with E-state index in [2.05, 4.69) is 6.58 Å². The van der Waals surface area contributed by atoms with Crippen LogP contribution in [0.25, 0.3) is 38.6 Å². The molecule has 0 aliphatic rings. The number of rotatable bonds is 2. The van der Waals surface area contributed by atoms with Crippen LogP contribution in [0.3, 0.4) is 0 Å². The average molecular weight is 302 g/mol. The monoisotopic (exact) mass is 302 g/mol. The van der Waals surface area contributed by atoms with Crippen LogP contribution in [0.4, 0.5) is 0 Å². The molecule has 0 aliphatic heterocycles. The maximum absolute atomic E-state index is 12.5. The number of hydrogen-bond donors (Lipinski definition) is 0. The van der Waals surface area contributed by atoms with Crippen molar-refractivity contribution in [3.63, 3.8) is 0 Å². The molecule has 0 N–H and O–H groups in total. The predicted octanol–water partition coefficient (Wildman–Crippen LogP) is 4.75. The Bertz CT molecular complexity index is 1140. The molecule has 0 radical (unpaired) electrons. The summed E-state index contributed by atoms with van der Waals surface area (Å²) in [7, 11) is 1.60. The van der Waals surface area contributed by atoms with Gasteiger partial charge in [-0.2, -0.15) is 0 Å². The molecule has 4 aromatic rings. The van der Waals surface area contributed by atoms with Gasteiger partial charge in [0.2, 0.25) is 0 Å². The summed E-state index contributed by atoms with van der Waals surface area (Å²) in [5, 5.41) is 4.09. The van der Waals surface area contributed by atoms with Crippen LogP contribution in [0.5, 0.6) is 5.75 Å². The van der Waals surface area contributed by atoms with Gasteiger partial charge >= 0.3 is 5.63 Å². The van der Waals surface area contributed by atoms with Crippen molar-refractivity contribution in [2.75, 3.05) is 7.11 Å². The van der Waals surface area contributed by atoms with Crippen LogP contribution >= 0.6 is 0 Å². The molecule has 3 aromatic carbocycles. The second-order valence-electron chi connectivity index (χ2n) is 5.40. The highest BCUT2D eigenvalue weighted by atomic mass is 16.5. The fraction of sp³-hybridized carbons (Fsp3) is 0.0500. The van der Waals surface area contributed by atoms with Crippen LogP contribution in [-0.4, -0.2) is 7.11 Å². The minimum absolute atomic E-state index is 0.370. The first kappa shape index (κ1) is 13.6. The molecule has 0 aliphatic carbocycles. The highest BCUT2D eigenvalue weighted by Crippen LogP contribution is 2.35. The zero-order valence-electron chi connectivity index (χ0n) is 12.6. The first-order valence-electron chi connectivity index (χ1n) is 7.31. The molecule has 3 nitrogen and oxygen atoms in total. The van der Waals surface area contributed by atoms with Gasteiger partial charge in [-0.3, -0.25) is 0 Å². The van der Waals surface area contributed by atoms with Gasteiger partial charge in [-0.25, -0.2) is 4.79 Å². The van der Waals surface area contributed by atoms with Crippen molar-refractivity contribution in [2.45, 2.75) is 0 Å². The lowest BCUT2D eigenvalue weighted by molar-refractivity contribution is 0.419. The van der Waals surface area contributed by atoms with Gasteiger partial charge < -0.3 is 9.15 Å². The van der Waals surface area contributed by atoms with Crippen LogP contribution in [0.1, 0.15) is 5.56 Å². The summed E-state index contributed by atoms with van der Waals surface area (Å²) in [6.45, 7) is 3.76. The molecule has 0 amide bonds. The summed E-state index contributed by atoms with van der Waals surface area (Å²) < 4.78 is 11.2. The van der Waals surface area contributed by atoms with E-state index in [0.717, 1.165) is 27.1 Å². The first-order valence-corrected chi connectivity index (χ1v) is 7.31. The smallest absolute Gasteiger partial charge is 0.344 e. The third-order valence-electron chi connectivity index (χ3n) is 4.14. The lowest BCUT2D eigenvalue weighted by Gasteiger charge is -2.10. The SMILES string of the molecule is C=Cc1cc(OC)c2c(c1)c(=O)oc1c3ccccc3ccc12. The zero-order chi connectivity index (χ0) is 16.0. The van der Waals surface area contributed by atoms with E-state index in [4.69, 9.17) is 9.15 Å². The van der Waals surface area contributed by atoms with Gasteiger partial charge in [0.15, 0.2) is 0 Å². The van der Waals surface area contributed by atoms with Crippen LogP contribution in [-0.2, 0) is 0 Å². The molecule has 3 heteroatoms. The Morgan fingerprint density at radius 3 is 2.65 bits per heavy atom. The molecular weight excluding hydrogens is 288 g/mol. The molecule has 0 atom stereocenters. The fourth-order valence-electron chi connectivity index (χ4n) is 3.05. The second-order valence-corrected chi connectivity index (χ2v) is 5.40. The number of ether oxygens (including phenoxy) is 1. The van der Waals surface area contributed by atoms with Crippen LogP contribution in [0.2, 0.25) is 0 Å². The van der Waals surface area contributed by atoms with Gasteiger partial charge in [0.05, 0.1) is 12.5 Å². The van der Waals surface area contributed by atoms with E-state index in [1.165, 1.54) is 0 Å². The third kappa shape index (κ3) is 1.94. The zero-order valence-corrected chi connectivity index (χ0v) is 12.6. The summed E-state index contributed by atoms with van der Waals surface area (Å²) in [5.41, 5.74) is 1.04. The van der Waals surface area contributed by atoms with E-state index < -0.39 is 0 Å². The molecule has 0 fully saturated rings. The van der Waals surface area contributed by atoms with Crippen LogP contribution in [0.15, 0.2) is 64.3 Å². The quantitative estimate of drug-likeness (QED) is 0.396. The highest BCUT2D eigenvalue weighted by Gasteiger charge is 2.14. The standard InChI is InChI=1S/C20H14O3/c1-3-12-10-16-18(17(11-12)22-2)15-9-8-13-6-4-5-7-14(13)19(15)23-20(16)21/h3-11H,1H2,2H3. The molecule has 4 rings (SSSR count). The van der Waals surface area contributed by atoms with Gasteiger partial charge in [-0.15, -0.1) is 0 Å². The molecule has 0 saturated heterocycles. The van der Waals surface area contributed by atoms with E-state index in [0.29, 0.717) is 16.7 Å². The van der Waals surface area contributed by atoms with Gasteiger partial charge in [-0.1, -0.05) is 43.0 Å². The van der Waals surface area contributed by atoms with Crippen molar-refractivity contribution in [2.24, 2.45) is 0 Å². The lowest BCUT2D eigenvalue weighted by atomic mass is 10.0. The number of fused-ring (bicyclic) bond motifs is 5. The Morgan fingerprint density at radius 1 is 1.04 bits per heavy atom. The Hall–Kier alpha value is -3.07. The summed E-state index contributed by atoms with van der Waals surface area (Å²) in [4.78, 5) is 12.5. The minimum atomic E-state index is -0.370. The van der Waals surface area contributed by atoms with Gasteiger partial charge in [-0.05, 0) is 29.1 Å². The average Bonchev–Trinajstić information content (AvgIpc) is 2.60. The maximum Gasteiger partial charge on any atom is 0.344 e. The van der Waals surface area contributed by atoms with E-state index in [9.17, 15) is 4.79 Å². The maximum atomic E-state index is 12.5. The predicted molar refractivity (Wildman–Crippen MR) is 94.1 cm³/mol. The van der Waals surface area contributed by atoms with Gasteiger partial charge in [0, 0.05) is 16.2 Å². The minimum Gasteiger partial charge on any atom is -0.496 e. The summed E-state index contributed by atoms with van der Waals surface area (Å²) in [6.07, 6.45) is 1.69. The molecule has 0 saturated carbocycles.